The molecule has 0 aliphatic carbocycles. The number of carbonyl (C=O) groups is 1. The van der Waals surface area contributed by atoms with Crippen molar-refractivity contribution in [2.45, 2.75) is 20.4 Å². The number of aliphatic hydroxyl groups is 1. The van der Waals surface area contributed by atoms with Gasteiger partial charge in [-0.15, -0.1) is 0 Å². The number of nitrogens with one attached hydrogen (secondary N) is 2. The fourth-order valence-corrected chi connectivity index (χ4v) is 3.07. The number of hydrogen-bond acceptors (Lipinski definition) is 6. The van der Waals surface area contributed by atoms with E-state index in [9.17, 15) is 0 Å². The lowest BCUT2D eigenvalue weighted by atomic mass is 10.1. The molecule has 7 nitrogen and oxygen atoms in total. The van der Waals surface area contributed by atoms with Crippen LogP contribution < -0.4 is 10.6 Å². The molecule has 0 aliphatic heterocycles. The Bertz CT molecular complexity index is 1070. The van der Waals surface area contributed by atoms with Gasteiger partial charge in [0.1, 0.15) is 12.6 Å². The molecule has 0 amide bonds. The highest BCUT2D eigenvalue weighted by Crippen LogP contribution is 2.26. The number of benzene rings is 2. The fraction of sp³-hybridized carbons (Fsp3) is 0.240. The molecule has 0 atom stereocenters. The highest BCUT2D eigenvalue weighted by Gasteiger charge is 2.11. The number of aromatic nitrogens is 3. The van der Waals surface area contributed by atoms with Gasteiger partial charge >= 0.3 is 0 Å². The summed E-state index contributed by atoms with van der Waals surface area (Å²) in [6, 6.07) is 20.7. The van der Waals surface area contributed by atoms with Crippen molar-refractivity contribution < 1.29 is 9.90 Å². The average Bonchev–Trinajstić information content (AvgIpc) is 3.22. The Kier molecular flexibility index (Phi) is 13.3. The lowest BCUT2D eigenvalue weighted by Crippen LogP contribution is -2.06. The summed E-state index contributed by atoms with van der Waals surface area (Å²) < 4.78 is 2.70. The van der Waals surface area contributed by atoms with Gasteiger partial charge in [0.15, 0.2) is 5.65 Å². The zero-order chi connectivity index (χ0) is 24.6. The zero-order valence-corrected chi connectivity index (χ0v) is 21.1. The first-order chi connectivity index (χ1) is 16.0. The van der Waals surface area contributed by atoms with E-state index in [0.717, 1.165) is 33.7 Å². The Balaban J connectivity index is 0.000000605. The molecular weight excluding hydrogens is 482 g/mol. The Morgan fingerprint density at radius 1 is 1.06 bits per heavy atom. The Morgan fingerprint density at radius 2 is 1.64 bits per heavy atom. The van der Waals surface area contributed by atoms with Crippen molar-refractivity contribution >= 4 is 34.2 Å². The van der Waals surface area contributed by atoms with Crippen LogP contribution in [-0.4, -0.2) is 47.2 Å². The van der Waals surface area contributed by atoms with Crippen molar-refractivity contribution in [1.29, 1.82) is 0 Å². The number of nitrogens with zero attached hydrogens (tertiary/aromatic N) is 3. The Morgan fingerprint density at radius 3 is 2.21 bits per heavy atom. The average molecular weight is 514 g/mol. The second kappa shape index (κ2) is 15.7. The Labute approximate surface area is 204 Å². The van der Waals surface area contributed by atoms with Crippen molar-refractivity contribution in [1.82, 2.24) is 19.9 Å². The number of hydrogen-bond donors (Lipinski definition) is 3. The summed E-state index contributed by atoms with van der Waals surface area (Å²) in [6.07, 6.45) is 1.77. The van der Waals surface area contributed by atoms with Crippen LogP contribution in [0, 0.1) is 6.92 Å². The van der Waals surface area contributed by atoms with Gasteiger partial charge in [0.05, 0.1) is 16.4 Å². The topological polar surface area (TPSA) is 91.5 Å². The third-order valence-corrected chi connectivity index (χ3v) is 4.65. The summed E-state index contributed by atoms with van der Waals surface area (Å²) in [7, 11) is 3.75. The molecule has 0 saturated carbocycles. The van der Waals surface area contributed by atoms with E-state index in [4.69, 9.17) is 14.9 Å². The lowest BCUT2D eigenvalue weighted by Gasteiger charge is -2.11. The molecule has 2 aromatic heterocycles. The molecule has 2 heterocycles. The molecule has 4 rings (SSSR count). The molecule has 2 aromatic carbocycles. The van der Waals surface area contributed by atoms with Crippen LogP contribution in [0.3, 0.4) is 0 Å². The molecule has 176 valence electrons. The van der Waals surface area contributed by atoms with Crippen molar-refractivity contribution in [3.05, 3.63) is 82.5 Å². The van der Waals surface area contributed by atoms with Crippen LogP contribution in [0.1, 0.15) is 18.1 Å². The first kappa shape index (κ1) is 28.0. The number of carbonyl (C=O) groups excluding carboxylic acids is 1. The van der Waals surface area contributed by atoms with Gasteiger partial charge in [0.25, 0.3) is 0 Å². The van der Waals surface area contributed by atoms with E-state index < -0.39 is 0 Å². The number of anilines is 1. The van der Waals surface area contributed by atoms with E-state index >= 15 is 0 Å². The molecule has 0 radical (unpaired) electrons. The fourth-order valence-electron chi connectivity index (χ4n) is 2.72. The molecule has 4 aromatic rings. The smallest absolute Gasteiger partial charge is 0.172 e. The summed E-state index contributed by atoms with van der Waals surface area (Å²) in [6.45, 7) is 6.75. The van der Waals surface area contributed by atoms with Crippen molar-refractivity contribution in [2.24, 2.45) is 0 Å². The van der Waals surface area contributed by atoms with E-state index in [1.54, 1.807) is 13.1 Å². The first-order valence-electron chi connectivity index (χ1n) is 10.4. The van der Waals surface area contributed by atoms with Gasteiger partial charge in [-0.3, -0.25) is 0 Å². The largest absolute Gasteiger partial charge is 0.397 e. The number of aryl methyl sites for hydroxylation is 1. The second-order valence-corrected chi connectivity index (χ2v) is 7.63. The van der Waals surface area contributed by atoms with Crippen LogP contribution in [0.15, 0.2) is 71.3 Å². The minimum atomic E-state index is 0.250. The number of rotatable bonds is 4. The third-order valence-electron chi connectivity index (χ3n) is 4.09. The zero-order valence-electron chi connectivity index (χ0n) is 19.5. The predicted molar refractivity (Wildman–Crippen MR) is 139 cm³/mol. The molecule has 0 fully saturated rings. The summed E-state index contributed by atoms with van der Waals surface area (Å²) >= 11 is 3.54. The van der Waals surface area contributed by atoms with Crippen molar-refractivity contribution in [3.8, 4) is 11.3 Å². The normalized spacial score (nSPS) is 9.52. The van der Waals surface area contributed by atoms with E-state index in [-0.39, 0.29) is 6.61 Å². The molecule has 33 heavy (non-hydrogen) atoms. The van der Waals surface area contributed by atoms with Gasteiger partial charge in [-0.05, 0) is 49.4 Å². The summed E-state index contributed by atoms with van der Waals surface area (Å²) in [5.74, 6) is 0.912. The monoisotopic (exact) mass is 513 g/mol. The highest BCUT2D eigenvalue weighted by molar-refractivity contribution is 9.10. The molecule has 3 N–H and O–H groups in total. The van der Waals surface area contributed by atoms with Gasteiger partial charge < -0.3 is 20.5 Å². The quantitative estimate of drug-likeness (QED) is 0.365. The van der Waals surface area contributed by atoms with E-state index in [1.807, 2.05) is 49.7 Å². The maximum absolute atomic E-state index is 8.00. The maximum atomic E-state index is 8.00. The van der Waals surface area contributed by atoms with Crippen LogP contribution in [-0.2, 0) is 11.3 Å². The highest BCUT2D eigenvalue weighted by atomic mass is 79.9. The third kappa shape index (κ3) is 8.76. The van der Waals surface area contributed by atoms with Crippen molar-refractivity contribution in [2.75, 3.05) is 26.0 Å². The number of halogens is 1. The molecular formula is C25H32BrN5O2. The maximum Gasteiger partial charge on any atom is 0.172 e. The van der Waals surface area contributed by atoms with Gasteiger partial charge in [0, 0.05) is 24.8 Å². The summed E-state index contributed by atoms with van der Waals surface area (Å²) in [5, 5.41) is 18.2. The van der Waals surface area contributed by atoms with Crippen LogP contribution in [0.5, 0.6) is 0 Å². The lowest BCUT2D eigenvalue weighted by molar-refractivity contribution is -0.0979. The molecule has 0 unspecified atom stereocenters. The van der Waals surface area contributed by atoms with Crippen LogP contribution in [0.4, 0.5) is 5.82 Å². The van der Waals surface area contributed by atoms with E-state index in [1.165, 1.54) is 11.1 Å². The van der Waals surface area contributed by atoms with Gasteiger partial charge in [-0.25, -0.2) is 4.98 Å². The van der Waals surface area contributed by atoms with Crippen molar-refractivity contribution in [3.63, 3.8) is 0 Å². The predicted octanol–water partition coefficient (Wildman–Crippen LogP) is 4.73. The Hall–Kier alpha value is -3.07. The standard InChI is InChI=1S/C20H17BrN4.C2H7N.C2H6O.CH2O/c1-14-7-9-15(10-8-14)12-22-19-11-18(16-5-3-2-4-6-16)24-20-17(21)13-23-25(19)20;1-3-2;1-2-3;1-2/h2-11,13,22H,12H2,1H3;3H,1-2H3;3H,2H2,1H3;1H2. The number of aliphatic hydroxyl groups excluding tert-OH is 1. The van der Waals surface area contributed by atoms with Gasteiger partial charge in [-0.1, -0.05) is 60.2 Å². The first-order valence-corrected chi connectivity index (χ1v) is 11.2. The minimum absolute atomic E-state index is 0.250. The molecule has 0 bridgehead atoms. The molecule has 0 aliphatic rings. The van der Waals surface area contributed by atoms with Crippen LogP contribution >= 0.6 is 15.9 Å². The van der Waals surface area contributed by atoms with Crippen LogP contribution in [0.25, 0.3) is 16.9 Å². The summed E-state index contributed by atoms with van der Waals surface area (Å²) in [5.41, 5.74) is 5.28. The molecule has 0 saturated heterocycles. The van der Waals surface area contributed by atoms with Gasteiger partial charge in [-0.2, -0.15) is 9.61 Å². The SMILES string of the molecule is C=O.CCO.CNC.Cc1ccc(CNc2cc(-c3ccccc3)nc3c(Br)cnn23)cc1. The minimum Gasteiger partial charge on any atom is -0.397 e. The van der Waals surface area contributed by atoms with Gasteiger partial charge in [0.2, 0.25) is 0 Å². The summed E-state index contributed by atoms with van der Waals surface area (Å²) in [4.78, 5) is 12.7. The molecule has 0 spiro atoms. The van der Waals surface area contributed by atoms with E-state index in [0.29, 0.717) is 0 Å². The number of fused-ring (bicyclic) bond motifs is 1. The van der Waals surface area contributed by atoms with Crippen LogP contribution in [0.2, 0.25) is 0 Å². The second-order valence-electron chi connectivity index (χ2n) is 6.78. The van der Waals surface area contributed by atoms with E-state index in [2.05, 4.69) is 75.0 Å². The molecule has 8 heteroatoms.